The molecule has 198 valence electrons. The van der Waals surface area contributed by atoms with Crippen LogP contribution in [0.3, 0.4) is 0 Å². The zero-order chi connectivity index (χ0) is 26.5. The van der Waals surface area contributed by atoms with Crippen molar-refractivity contribution in [3.8, 4) is 6.07 Å². The number of piperidine rings is 1. The normalized spacial score (nSPS) is 19.9. The van der Waals surface area contributed by atoms with E-state index >= 15 is 0 Å². The summed E-state index contributed by atoms with van der Waals surface area (Å²) >= 11 is 0. The second kappa shape index (κ2) is 11.8. The fourth-order valence-electron chi connectivity index (χ4n) is 4.58. The molecule has 36 heavy (non-hydrogen) atoms. The van der Waals surface area contributed by atoms with Crippen molar-refractivity contribution in [3.63, 3.8) is 0 Å². The molecule has 0 unspecified atom stereocenters. The molecule has 0 N–H and O–H groups in total. The molecule has 2 aliphatic heterocycles. The third kappa shape index (κ3) is 6.30. The van der Waals surface area contributed by atoms with Gasteiger partial charge < -0.3 is 4.90 Å². The van der Waals surface area contributed by atoms with Gasteiger partial charge in [0.05, 0.1) is 23.4 Å². The summed E-state index contributed by atoms with van der Waals surface area (Å²) in [5.74, 6) is 2.15. The molecule has 2 aromatic heterocycles. The van der Waals surface area contributed by atoms with Crippen LogP contribution in [0, 0.1) is 36.5 Å². The topological polar surface area (TPSA) is 103 Å². The zero-order valence-corrected chi connectivity index (χ0v) is 23.0. The lowest BCUT2D eigenvalue weighted by molar-refractivity contribution is 0.248. The lowest BCUT2D eigenvalue weighted by Crippen LogP contribution is -2.56. The van der Waals surface area contributed by atoms with Gasteiger partial charge in [-0.1, -0.05) is 20.8 Å². The lowest BCUT2D eigenvalue weighted by Gasteiger charge is -2.46. The van der Waals surface area contributed by atoms with Crippen molar-refractivity contribution in [3.05, 3.63) is 23.8 Å². The number of halogens is 1. The first-order valence-electron chi connectivity index (χ1n) is 13.0. The summed E-state index contributed by atoms with van der Waals surface area (Å²) in [5.41, 5.74) is 1.08. The Kier molecular flexibility index (Phi) is 9.23. The van der Waals surface area contributed by atoms with Gasteiger partial charge in [0.25, 0.3) is 0 Å². The van der Waals surface area contributed by atoms with Crippen LogP contribution in [0.4, 0.5) is 10.2 Å². The van der Waals surface area contributed by atoms with Crippen LogP contribution in [0.5, 0.6) is 0 Å². The fraction of sp³-hybridized carbons (Fsp3) is 0.692. The average molecular weight is 519 g/mol. The minimum absolute atomic E-state index is 0.0269. The molecule has 5 rings (SSSR count). The quantitative estimate of drug-likeness (QED) is 0.571. The van der Waals surface area contributed by atoms with Gasteiger partial charge in [-0.05, 0) is 57.9 Å². The number of alkyl halides is 1. The molecular weight excluding hydrogens is 479 g/mol. The number of rotatable bonds is 5. The molecule has 0 bridgehead atoms. The van der Waals surface area contributed by atoms with Crippen LogP contribution in [0.1, 0.15) is 64.4 Å². The number of nitrogens with zero attached hydrogens (tertiary/aromatic N) is 6. The molecule has 3 aliphatic rings. The Labute approximate surface area is 215 Å². The summed E-state index contributed by atoms with van der Waals surface area (Å²) in [6, 6.07) is 4.19. The van der Waals surface area contributed by atoms with Crippen LogP contribution in [0.2, 0.25) is 0 Å². The molecule has 8 nitrogen and oxygen atoms in total. The van der Waals surface area contributed by atoms with E-state index in [9.17, 15) is 18.1 Å². The molecule has 3 fully saturated rings. The number of hydrogen-bond donors (Lipinski definition) is 0. The maximum absolute atomic E-state index is 12.6. The van der Waals surface area contributed by atoms with Crippen LogP contribution in [-0.2, 0) is 10.0 Å². The van der Waals surface area contributed by atoms with Crippen LogP contribution in [0.25, 0.3) is 10.9 Å². The van der Waals surface area contributed by atoms with Crippen LogP contribution in [-0.4, -0.2) is 65.8 Å². The predicted octanol–water partition coefficient (Wildman–Crippen LogP) is 4.57. The molecule has 0 radical (unpaired) electrons. The summed E-state index contributed by atoms with van der Waals surface area (Å²) in [4.78, 5) is 15.2. The van der Waals surface area contributed by atoms with E-state index in [0.717, 1.165) is 61.2 Å². The largest absolute Gasteiger partial charge is 0.351 e. The van der Waals surface area contributed by atoms with Crippen LogP contribution in [0.15, 0.2) is 12.3 Å². The van der Waals surface area contributed by atoms with Gasteiger partial charge in [0.2, 0.25) is 10.0 Å². The minimum atomic E-state index is -2.88. The molecule has 0 atom stereocenters. The number of hydrogen-bond acceptors (Lipinski definition) is 7. The van der Waals surface area contributed by atoms with Gasteiger partial charge in [-0.25, -0.2) is 27.7 Å². The van der Waals surface area contributed by atoms with Crippen molar-refractivity contribution in [2.45, 2.75) is 72.0 Å². The number of nitriles is 1. The summed E-state index contributed by atoms with van der Waals surface area (Å²) in [6.07, 6.45) is 5.90. The van der Waals surface area contributed by atoms with E-state index in [4.69, 9.17) is 0 Å². The first kappa shape index (κ1) is 28.2. The number of aryl methyl sites for hydroxylation is 2. The number of aromatic nitrogens is 3. The van der Waals surface area contributed by atoms with E-state index in [-0.39, 0.29) is 11.7 Å². The smallest absolute Gasteiger partial charge is 0.216 e. The van der Waals surface area contributed by atoms with Gasteiger partial charge in [0.1, 0.15) is 11.3 Å². The highest BCUT2D eigenvalue weighted by molar-refractivity contribution is 7.90. The number of sulfonamides is 1. The molecule has 0 amide bonds. The van der Waals surface area contributed by atoms with E-state index in [1.807, 2.05) is 38.7 Å². The Balaban J connectivity index is 0.000000206. The second-order valence-corrected chi connectivity index (χ2v) is 12.2. The van der Waals surface area contributed by atoms with Crippen molar-refractivity contribution in [2.75, 3.05) is 37.8 Å². The Bertz CT molecular complexity index is 1180. The Morgan fingerprint density at radius 3 is 2.33 bits per heavy atom. The number of anilines is 1. The molecule has 1 aliphatic carbocycles. The molecule has 10 heteroatoms. The Hall–Kier alpha value is -2.38. The summed E-state index contributed by atoms with van der Waals surface area (Å²) in [6.45, 7) is 12.0. The molecule has 2 aromatic rings. The van der Waals surface area contributed by atoms with Crippen molar-refractivity contribution >= 4 is 26.7 Å². The van der Waals surface area contributed by atoms with Crippen molar-refractivity contribution < 1.29 is 12.8 Å². The predicted molar refractivity (Wildman–Crippen MR) is 141 cm³/mol. The fourth-order valence-corrected chi connectivity index (χ4v) is 6.45. The van der Waals surface area contributed by atoms with Gasteiger partial charge in [0, 0.05) is 43.5 Å². The summed E-state index contributed by atoms with van der Waals surface area (Å²) in [7, 11) is -2.88. The first-order valence-corrected chi connectivity index (χ1v) is 14.5. The highest BCUT2D eigenvalue weighted by Crippen LogP contribution is 2.38. The Morgan fingerprint density at radius 1 is 1.14 bits per heavy atom. The maximum atomic E-state index is 12.6. The van der Waals surface area contributed by atoms with Crippen LogP contribution < -0.4 is 4.90 Å². The molecule has 4 heterocycles. The monoisotopic (exact) mass is 518 g/mol. The van der Waals surface area contributed by atoms with Gasteiger partial charge in [-0.2, -0.15) is 5.26 Å². The molecule has 1 saturated carbocycles. The first-order chi connectivity index (χ1) is 17.2. The van der Waals surface area contributed by atoms with Gasteiger partial charge in [-0.15, -0.1) is 0 Å². The van der Waals surface area contributed by atoms with E-state index in [1.165, 1.54) is 0 Å². The number of fused-ring (bicyclic) bond motifs is 1. The van der Waals surface area contributed by atoms with Gasteiger partial charge >= 0.3 is 0 Å². The minimum Gasteiger partial charge on any atom is -0.351 e. The van der Waals surface area contributed by atoms with E-state index < -0.39 is 22.1 Å². The van der Waals surface area contributed by atoms with Crippen molar-refractivity contribution in [1.82, 2.24) is 19.3 Å². The highest BCUT2D eigenvalue weighted by atomic mass is 32.2. The van der Waals surface area contributed by atoms with E-state index in [0.29, 0.717) is 24.8 Å². The van der Waals surface area contributed by atoms with E-state index in [1.54, 1.807) is 10.5 Å². The summed E-state index contributed by atoms with van der Waals surface area (Å²) in [5, 5.41) is 10.2. The third-order valence-corrected chi connectivity index (χ3v) is 9.34. The van der Waals surface area contributed by atoms with Crippen molar-refractivity contribution in [1.29, 1.82) is 5.26 Å². The lowest BCUT2D eigenvalue weighted by atomic mass is 9.78. The maximum Gasteiger partial charge on any atom is 0.216 e. The molecule has 0 aromatic carbocycles. The van der Waals surface area contributed by atoms with E-state index in [2.05, 4.69) is 27.9 Å². The SMILES string of the molecule is CC.CC1CCN(S(=O)(=O)C2CC2)CC1.Cc1cc2cnc(C)nc2c(N2CC(C#N)(CCF)C2)n1. The Morgan fingerprint density at radius 2 is 1.78 bits per heavy atom. The molecular formula is C26H39FN6O2S. The highest BCUT2D eigenvalue weighted by Gasteiger charge is 2.44. The van der Waals surface area contributed by atoms with Gasteiger partial charge in [0.15, 0.2) is 5.82 Å². The standard InChI is InChI=1S/C15H16FN5.C9H17NO2S.C2H6/c1-10-5-12-6-18-11(2)20-13(12)14(19-10)21-8-15(7-17,9-21)3-4-16;1-8-4-6-10(7-5-8)13(11,12)9-2-3-9;1-2/h5-6H,3-4,8-9H2,1-2H3;8-9H,2-7H2,1H3;1-2H3. The summed E-state index contributed by atoms with van der Waals surface area (Å²) < 4.78 is 37.9. The average Bonchev–Trinajstić information content (AvgIpc) is 3.69. The third-order valence-electron chi connectivity index (χ3n) is 6.94. The molecule has 0 spiro atoms. The zero-order valence-electron chi connectivity index (χ0n) is 22.2. The van der Waals surface area contributed by atoms with Crippen LogP contribution >= 0.6 is 0 Å². The van der Waals surface area contributed by atoms with Gasteiger partial charge in [-0.3, -0.25) is 4.39 Å². The number of pyridine rings is 1. The molecule has 2 saturated heterocycles. The second-order valence-electron chi connectivity index (χ2n) is 9.96. The van der Waals surface area contributed by atoms with Crippen molar-refractivity contribution in [2.24, 2.45) is 11.3 Å².